The van der Waals surface area contributed by atoms with Crippen molar-refractivity contribution in [3.05, 3.63) is 28.0 Å². The fourth-order valence-corrected chi connectivity index (χ4v) is 1.68. The molecule has 0 spiro atoms. The van der Waals surface area contributed by atoms with E-state index in [0.717, 1.165) is 0 Å². The van der Waals surface area contributed by atoms with Crippen molar-refractivity contribution in [2.75, 3.05) is 12.8 Å². The van der Waals surface area contributed by atoms with Gasteiger partial charge >= 0.3 is 0 Å². The van der Waals surface area contributed by atoms with Crippen molar-refractivity contribution in [1.29, 1.82) is 0 Å². The van der Waals surface area contributed by atoms with Crippen molar-refractivity contribution < 1.29 is 4.79 Å². The molecule has 1 aromatic rings. The monoisotopic (exact) mass is 278 g/mol. The van der Waals surface area contributed by atoms with Crippen LogP contribution >= 0.6 is 35.0 Å². The summed E-state index contributed by atoms with van der Waals surface area (Å²) in [5.74, 6) is -0.227. The summed E-state index contributed by atoms with van der Waals surface area (Å²) in [7, 11) is 0. The largest absolute Gasteiger partial charge is 0.351 e. The van der Waals surface area contributed by atoms with Gasteiger partial charge in [-0.2, -0.15) is 11.8 Å². The topological polar surface area (TPSA) is 42.0 Å². The third-order valence-electron chi connectivity index (χ3n) is 2.01. The van der Waals surface area contributed by atoms with Gasteiger partial charge in [0, 0.05) is 11.8 Å². The number of amides is 1. The van der Waals surface area contributed by atoms with Gasteiger partial charge in [0.15, 0.2) is 0 Å². The predicted octanol–water partition coefficient (Wildman–Crippen LogP) is 2.87. The smallest absolute Gasteiger partial charge is 0.254 e. The number of nitrogens with zero attached hydrogens (tertiary/aromatic N) is 1. The number of hydrogen-bond acceptors (Lipinski definition) is 3. The van der Waals surface area contributed by atoms with Gasteiger partial charge in [-0.3, -0.25) is 4.79 Å². The Bertz CT molecular complexity index is 387. The van der Waals surface area contributed by atoms with Crippen molar-refractivity contribution in [1.82, 2.24) is 10.3 Å². The summed E-state index contributed by atoms with van der Waals surface area (Å²) in [4.78, 5) is 15.5. The van der Waals surface area contributed by atoms with Crippen LogP contribution in [-0.2, 0) is 0 Å². The molecule has 0 aromatic carbocycles. The minimum Gasteiger partial charge on any atom is -0.351 e. The van der Waals surface area contributed by atoms with E-state index < -0.39 is 0 Å². The molecule has 1 amide bonds. The Balaban J connectivity index is 2.66. The molecule has 1 unspecified atom stereocenters. The van der Waals surface area contributed by atoms with E-state index >= 15 is 0 Å². The van der Waals surface area contributed by atoms with E-state index in [2.05, 4.69) is 10.3 Å². The van der Waals surface area contributed by atoms with E-state index in [1.54, 1.807) is 23.9 Å². The molecule has 6 heteroatoms. The number of thioether (sulfide) groups is 1. The zero-order valence-corrected chi connectivity index (χ0v) is 11.3. The fraction of sp³-hybridized carbons (Fsp3) is 0.400. The molecule has 1 rings (SSSR count). The third-order valence-corrected chi connectivity index (χ3v) is 3.48. The second-order valence-corrected chi connectivity index (χ2v) is 5.25. The zero-order valence-electron chi connectivity index (χ0n) is 8.96. The molecule has 1 heterocycles. The predicted molar refractivity (Wildman–Crippen MR) is 69.6 cm³/mol. The van der Waals surface area contributed by atoms with E-state index in [-0.39, 0.29) is 16.2 Å². The van der Waals surface area contributed by atoms with Crippen LogP contribution in [0.25, 0.3) is 0 Å². The standard InChI is InChI=1S/C10H12Cl2N2OS/c1-6(16-2)5-13-10(15)7-3-4-8(11)14-9(7)12/h3-4,6H,5H2,1-2H3,(H,13,15). The molecule has 0 bridgehead atoms. The average molecular weight is 279 g/mol. The summed E-state index contributed by atoms with van der Waals surface area (Å²) < 4.78 is 0. The lowest BCUT2D eigenvalue weighted by atomic mass is 10.2. The first-order chi connectivity index (χ1) is 7.54. The number of hydrogen-bond donors (Lipinski definition) is 1. The van der Waals surface area contributed by atoms with Crippen molar-refractivity contribution in [2.45, 2.75) is 12.2 Å². The molecule has 0 radical (unpaired) electrons. The molecule has 0 saturated heterocycles. The Morgan fingerprint density at radius 1 is 1.56 bits per heavy atom. The molecule has 3 nitrogen and oxygen atoms in total. The minimum absolute atomic E-state index is 0.127. The van der Waals surface area contributed by atoms with Gasteiger partial charge in [0.25, 0.3) is 5.91 Å². The fourth-order valence-electron chi connectivity index (χ4n) is 0.996. The minimum atomic E-state index is -0.227. The maximum Gasteiger partial charge on any atom is 0.254 e. The summed E-state index contributed by atoms with van der Waals surface area (Å²) in [6, 6.07) is 3.11. The second-order valence-electron chi connectivity index (χ2n) is 3.23. The van der Waals surface area contributed by atoms with Crippen LogP contribution in [0.4, 0.5) is 0 Å². The van der Waals surface area contributed by atoms with Crippen LogP contribution in [-0.4, -0.2) is 28.9 Å². The summed E-state index contributed by atoms with van der Waals surface area (Å²) in [6.07, 6.45) is 1.99. The molecule has 1 atom stereocenters. The Morgan fingerprint density at radius 2 is 2.25 bits per heavy atom. The number of carbonyl (C=O) groups is 1. The molecule has 1 N–H and O–H groups in total. The van der Waals surface area contributed by atoms with Crippen LogP contribution < -0.4 is 5.32 Å². The van der Waals surface area contributed by atoms with Crippen molar-refractivity contribution in [2.24, 2.45) is 0 Å². The Labute approximate surface area is 109 Å². The molecule has 0 fully saturated rings. The van der Waals surface area contributed by atoms with Crippen LogP contribution in [0.3, 0.4) is 0 Å². The van der Waals surface area contributed by atoms with Gasteiger partial charge in [0.05, 0.1) is 5.56 Å². The summed E-state index contributed by atoms with van der Waals surface area (Å²) in [5, 5.41) is 3.55. The number of pyridine rings is 1. The summed E-state index contributed by atoms with van der Waals surface area (Å²) in [6.45, 7) is 2.63. The van der Waals surface area contributed by atoms with Crippen LogP contribution in [0.2, 0.25) is 10.3 Å². The van der Waals surface area contributed by atoms with E-state index in [4.69, 9.17) is 23.2 Å². The van der Waals surface area contributed by atoms with Gasteiger partial charge in [-0.05, 0) is 18.4 Å². The molecule has 1 aromatic heterocycles. The first-order valence-corrected chi connectivity index (χ1v) is 6.72. The molecule has 0 aliphatic rings. The maximum atomic E-state index is 11.7. The molecular weight excluding hydrogens is 267 g/mol. The lowest BCUT2D eigenvalue weighted by Crippen LogP contribution is -2.29. The van der Waals surface area contributed by atoms with Crippen LogP contribution in [0.5, 0.6) is 0 Å². The third kappa shape index (κ3) is 3.85. The Kier molecular flexibility index (Phi) is 5.38. The second kappa shape index (κ2) is 6.33. The van der Waals surface area contributed by atoms with Gasteiger partial charge in [0.2, 0.25) is 0 Å². The quantitative estimate of drug-likeness (QED) is 0.862. The SMILES string of the molecule is CSC(C)CNC(=O)c1ccc(Cl)nc1Cl. The number of rotatable bonds is 4. The highest BCUT2D eigenvalue weighted by molar-refractivity contribution is 7.99. The summed E-state index contributed by atoms with van der Waals surface area (Å²) >= 11 is 13.1. The van der Waals surface area contributed by atoms with Crippen molar-refractivity contribution >= 4 is 40.9 Å². The lowest BCUT2D eigenvalue weighted by molar-refractivity contribution is 0.0954. The first-order valence-electron chi connectivity index (χ1n) is 4.67. The molecule has 0 aliphatic heterocycles. The Hall–Kier alpha value is -0.450. The zero-order chi connectivity index (χ0) is 12.1. The Morgan fingerprint density at radius 3 is 2.81 bits per heavy atom. The first kappa shape index (κ1) is 13.6. The lowest BCUT2D eigenvalue weighted by Gasteiger charge is -2.10. The van der Waals surface area contributed by atoms with Gasteiger partial charge in [-0.25, -0.2) is 4.98 Å². The van der Waals surface area contributed by atoms with E-state index in [9.17, 15) is 4.79 Å². The van der Waals surface area contributed by atoms with Gasteiger partial charge < -0.3 is 5.32 Å². The van der Waals surface area contributed by atoms with Gasteiger partial charge in [-0.1, -0.05) is 30.1 Å². The molecule has 0 aliphatic carbocycles. The van der Waals surface area contributed by atoms with Gasteiger partial charge in [-0.15, -0.1) is 0 Å². The van der Waals surface area contributed by atoms with Crippen LogP contribution in [0.15, 0.2) is 12.1 Å². The highest BCUT2D eigenvalue weighted by atomic mass is 35.5. The molecule has 88 valence electrons. The van der Waals surface area contributed by atoms with E-state index in [0.29, 0.717) is 17.4 Å². The average Bonchev–Trinajstić information content (AvgIpc) is 2.25. The van der Waals surface area contributed by atoms with Crippen molar-refractivity contribution in [3.63, 3.8) is 0 Å². The van der Waals surface area contributed by atoms with E-state index in [1.807, 2.05) is 13.2 Å². The number of nitrogens with one attached hydrogen (secondary N) is 1. The highest BCUT2D eigenvalue weighted by Crippen LogP contribution is 2.16. The molecule has 16 heavy (non-hydrogen) atoms. The van der Waals surface area contributed by atoms with Crippen molar-refractivity contribution in [3.8, 4) is 0 Å². The highest BCUT2D eigenvalue weighted by Gasteiger charge is 2.12. The molecular formula is C10H12Cl2N2OS. The number of carbonyl (C=O) groups excluding carboxylic acids is 1. The summed E-state index contributed by atoms with van der Waals surface area (Å²) in [5.41, 5.74) is 0.347. The normalized spacial score (nSPS) is 12.2. The number of halogens is 2. The van der Waals surface area contributed by atoms with Crippen LogP contribution in [0, 0.1) is 0 Å². The van der Waals surface area contributed by atoms with Crippen LogP contribution in [0.1, 0.15) is 17.3 Å². The van der Waals surface area contributed by atoms with Gasteiger partial charge in [0.1, 0.15) is 10.3 Å². The molecule has 0 saturated carbocycles. The maximum absolute atomic E-state index is 11.7. The van der Waals surface area contributed by atoms with E-state index in [1.165, 1.54) is 0 Å². The number of aromatic nitrogens is 1.